The molecule has 0 bridgehead atoms. The smallest absolute Gasteiger partial charge is 0.320 e. The lowest BCUT2D eigenvalue weighted by Gasteiger charge is -2.21. The highest BCUT2D eigenvalue weighted by Gasteiger charge is 2.36. The van der Waals surface area contributed by atoms with E-state index in [4.69, 9.17) is 10.2 Å². The first kappa shape index (κ1) is 16.3. The van der Waals surface area contributed by atoms with E-state index in [0.717, 1.165) is 19.3 Å². The van der Waals surface area contributed by atoms with Crippen LogP contribution in [0.2, 0.25) is 0 Å². The van der Waals surface area contributed by atoms with Crippen molar-refractivity contribution in [3.63, 3.8) is 0 Å². The number of hydrogen-bond acceptors (Lipinski definition) is 3. The molecule has 5 heteroatoms. The number of carboxylic acids is 2. The Morgan fingerprint density at radius 1 is 1.06 bits per heavy atom. The van der Waals surface area contributed by atoms with E-state index in [1.807, 2.05) is 0 Å². The predicted molar refractivity (Wildman–Crippen MR) is 69.6 cm³/mol. The Hall–Kier alpha value is -0.710. The summed E-state index contributed by atoms with van der Waals surface area (Å²) in [6.07, 6.45) is 6.13. The van der Waals surface area contributed by atoms with E-state index >= 15 is 0 Å². The fourth-order valence-electron chi connectivity index (χ4n) is 1.72. The van der Waals surface area contributed by atoms with Crippen LogP contribution in [0, 0.1) is 0 Å². The van der Waals surface area contributed by atoms with E-state index in [1.54, 1.807) is 0 Å². The van der Waals surface area contributed by atoms with Crippen LogP contribution < -0.4 is 0 Å². The maximum atomic E-state index is 11.0. The molecule has 0 amide bonds. The van der Waals surface area contributed by atoms with Crippen molar-refractivity contribution in [2.45, 2.75) is 63.0 Å². The van der Waals surface area contributed by atoms with Gasteiger partial charge in [0.15, 0.2) is 0 Å². The van der Waals surface area contributed by atoms with Gasteiger partial charge in [0.25, 0.3) is 0 Å². The van der Waals surface area contributed by atoms with E-state index in [2.05, 4.69) is 19.6 Å². The quantitative estimate of drug-likeness (QED) is 0.418. The van der Waals surface area contributed by atoms with Gasteiger partial charge in [-0.25, -0.2) is 0 Å². The van der Waals surface area contributed by atoms with Crippen LogP contribution in [-0.2, 0) is 9.59 Å². The Morgan fingerprint density at radius 2 is 1.59 bits per heavy atom. The maximum absolute atomic E-state index is 11.0. The van der Waals surface area contributed by atoms with Gasteiger partial charge in [-0.05, 0) is 6.42 Å². The lowest BCUT2D eigenvalue weighted by atomic mass is 9.96. The summed E-state index contributed by atoms with van der Waals surface area (Å²) >= 11 is 4.02. The summed E-state index contributed by atoms with van der Waals surface area (Å²) in [6, 6.07) is 0. The average molecular weight is 262 g/mol. The standard InChI is InChI=1S/C12H22O4S/c1-2-3-4-5-6-7-8-12(17,11(15)16)9-10(13)14/h17H,2-9H2,1H3,(H,13,14)(H,15,16). The van der Waals surface area contributed by atoms with Crippen molar-refractivity contribution in [1.29, 1.82) is 0 Å². The monoisotopic (exact) mass is 262 g/mol. The van der Waals surface area contributed by atoms with Crippen molar-refractivity contribution in [2.75, 3.05) is 0 Å². The number of hydrogen-bond donors (Lipinski definition) is 3. The fourth-order valence-corrected chi connectivity index (χ4v) is 2.01. The zero-order valence-electron chi connectivity index (χ0n) is 10.3. The van der Waals surface area contributed by atoms with Gasteiger partial charge in [0.2, 0.25) is 0 Å². The Kier molecular flexibility index (Phi) is 8.04. The molecule has 0 heterocycles. The SMILES string of the molecule is CCCCCCCCC(S)(CC(=O)O)C(=O)O. The van der Waals surface area contributed by atoms with E-state index in [-0.39, 0.29) is 0 Å². The van der Waals surface area contributed by atoms with Crippen LogP contribution in [0.4, 0.5) is 0 Å². The van der Waals surface area contributed by atoms with Gasteiger partial charge < -0.3 is 10.2 Å². The van der Waals surface area contributed by atoms with Crippen molar-refractivity contribution < 1.29 is 19.8 Å². The van der Waals surface area contributed by atoms with Crippen LogP contribution in [0.3, 0.4) is 0 Å². The number of carbonyl (C=O) groups is 2. The molecule has 0 aromatic heterocycles. The molecule has 4 nitrogen and oxygen atoms in total. The van der Waals surface area contributed by atoms with Gasteiger partial charge >= 0.3 is 11.9 Å². The molecular formula is C12H22O4S. The summed E-state index contributed by atoms with van der Waals surface area (Å²) in [5.74, 6) is -2.26. The van der Waals surface area contributed by atoms with Crippen LogP contribution in [0.1, 0.15) is 58.3 Å². The molecule has 1 atom stereocenters. The molecule has 0 rings (SSSR count). The zero-order valence-corrected chi connectivity index (χ0v) is 11.2. The molecule has 0 aliphatic heterocycles. The van der Waals surface area contributed by atoms with Crippen molar-refractivity contribution in [2.24, 2.45) is 0 Å². The molecule has 0 spiro atoms. The van der Waals surface area contributed by atoms with E-state index in [0.29, 0.717) is 12.8 Å². The lowest BCUT2D eigenvalue weighted by molar-refractivity contribution is -0.146. The number of carboxylic acid groups (broad SMARTS) is 2. The maximum Gasteiger partial charge on any atom is 0.320 e. The molecule has 2 N–H and O–H groups in total. The van der Waals surface area contributed by atoms with Crippen molar-refractivity contribution >= 4 is 24.6 Å². The molecule has 0 saturated carbocycles. The fraction of sp³-hybridized carbons (Fsp3) is 0.833. The van der Waals surface area contributed by atoms with Crippen molar-refractivity contribution in [3.8, 4) is 0 Å². The number of rotatable bonds is 10. The minimum Gasteiger partial charge on any atom is -0.481 e. The highest BCUT2D eigenvalue weighted by Crippen LogP contribution is 2.27. The molecule has 17 heavy (non-hydrogen) atoms. The molecule has 1 unspecified atom stereocenters. The van der Waals surface area contributed by atoms with Crippen LogP contribution in [0.25, 0.3) is 0 Å². The first-order valence-electron chi connectivity index (χ1n) is 6.10. The third kappa shape index (κ3) is 7.26. The van der Waals surface area contributed by atoms with Gasteiger partial charge in [-0.2, -0.15) is 12.6 Å². The topological polar surface area (TPSA) is 74.6 Å². The summed E-state index contributed by atoms with van der Waals surface area (Å²) in [5.41, 5.74) is 0. The minimum atomic E-state index is -1.42. The Bertz CT molecular complexity index is 255. The van der Waals surface area contributed by atoms with Gasteiger partial charge in [-0.15, -0.1) is 0 Å². The largest absolute Gasteiger partial charge is 0.481 e. The second kappa shape index (κ2) is 8.39. The number of unbranched alkanes of at least 4 members (excludes halogenated alkanes) is 5. The molecule has 0 aromatic carbocycles. The minimum absolute atomic E-state index is 0.309. The van der Waals surface area contributed by atoms with E-state index < -0.39 is 23.1 Å². The second-order valence-electron chi connectivity index (χ2n) is 4.43. The van der Waals surface area contributed by atoms with Crippen LogP contribution in [0.5, 0.6) is 0 Å². The van der Waals surface area contributed by atoms with Crippen LogP contribution in [-0.4, -0.2) is 26.9 Å². The third-order valence-electron chi connectivity index (χ3n) is 2.79. The van der Waals surface area contributed by atoms with Gasteiger partial charge in [0.05, 0.1) is 6.42 Å². The van der Waals surface area contributed by atoms with Crippen LogP contribution in [0.15, 0.2) is 0 Å². The first-order chi connectivity index (χ1) is 7.92. The van der Waals surface area contributed by atoms with Crippen molar-refractivity contribution in [1.82, 2.24) is 0 Å². The molecule has 0 aromatic rings. The van der Waals surface area contributed by atoms with E-state index in [1.165, 1.54) is 12.8 Å². The first-order valence-corrected chi connectivity index (χ1v) is 6.54. The molecule has 0 aliphatic rings. The van der Waals surface area contributed by atoms with Gasteiger partial charge in [0, 0.05) is 0 Å². The van der Waals surface area contributed by atoms with Crippen molar-refractivity contribution in [3.05, 3.63) is 0 Å². The summed E-state index contributed by atoms with van der Waals surface area (Å²) in [6.45, 7) is 2.13. The Morgan fingerprint density at radius 3 is 2.06 bits per heavy atom. The van der Waals surface area contributed by atoms with Gasteiger partial charge in [-0.1, -0.05) is 45.4 Å². The van der Waals surface area contributed by atoms with Gasteiger partial charge in [0.1, 0.15) is 4.75 Å². The van der Waals surface area contributed by atoms with E-state index in [9.17, 15) is 9.59 Å². The Labute approximate surface area is 108 Å². The average Bonchev–Trinajstić information content (AvgIpc) is 2.22. The lowest BCUT2D eigenvalue weighted by Crippen LogP contribution is -2.35. The number of thiol groups is 1. The molecule has 100 valence electrons. The summed E-state index contributed by atoms with van der Waals surface area (Å²) in [5, 5.41) is 17.6. The highest BCUT2D eigenvalue weighted by molar-refractivity contribution is 7.82. The second-order valence-corrected chi connectivity index (χ2v) is 5.28. The summed E-state index contributed by atoms with van der Waals surface area (Å²) in [4.78, 5) is 21.6. The predicted octanol–water partition coefficient (Wildman–Crippen LogP) is 2.96. The molecular weight excluding hydrogens is 240 g/mol. The molecule has 0 saturated heterocycles. The zero-order chi connectivity index (χ0) is 13.3. The molecule has 0 aliphatic carbocycles. The van der Waals surface area contributed by atoms with Crippen LogP contribution >= 0.6 is 12.6 Å². The summed E-state index contributed by atoms with van der Waals surface area (Å²) < 4.78 is -1.42. The third-order valence-corrected chi connectivity index (χ3v) is 3.36. The Balaban J connectivity index is 3.93. The van der Waals surface area contributed by atoms with Gasteiger partial charge in [-0.3, -0.25) is 9.59 Å². The highest BCUT2D eigenvalue weighted by atomic mass is 32.1. The molecule has 0 fully saturated rings. The molecule has 0 radical (unpaired) electrons. The normalized spacial score (nSPS) is 14.2. The number of aliphatic carboxylic acids is 2. The summed E-state index contributed by atoms with van der Waals surface area (Å²) in [7, 11) is 0.